The van der Waals surface area contributed by atoms with Gasteiger partial charge in [-0.1, -0.05) is 48.5 Å². The van der Waals surface area contributed by atoms with Gasteiger partial charge in [-0.15, -0.1) is 0 Å². The van der Waals surface area contributed by atoms with E-state index in [0.717, 1.165) is 0 Å². The molecule has 7 heteroatoms. The van der Waals surface area contributed by atoms with E-state index in [1.807, 2.05) is 24.3 Å². The minimum Gasteiger partial charge on any atom is -0.448 e. The van der Waals surface area contributed by atoms with Crippen LogP contribution >= 0.6 is 0 Å². The van der Waals surface area contributed by atoms with E-state index >= 15 is 0 Å². The van der Waals surface area contributed by atoms with Crippen molar-refractivity contribution in [2.24, 2.45) is 11.5 Å². The van der Waals surface area contributed by atoms with Crippen LogP contribution in [0.3, 0.4) is 0 Å². The Morgan fingerprint density at radius 2 is 1.53 bits per heavy atom. The van der Waals surface area contributed by atoms with Crippen molar-refractivity contribution in [3.63, 3.8) is 0 Å². The van der Waals surface area contributed by atoms with Gasteiger partial charge in [0.2, 0.25) is 5.91 Å². The number of morpholine rings is 1. The van der Waals surface area contributed by atoms with Gasteiger partial charge in [-0.05, 0) is 35.1 Å². The van der Waals surface area contributed by atoms with Crippen LogP contribution < -0.4 is 11.5 Å². The van der Waals surface area contributed by atoms with E-state index in [2.05, 4.69) is 24.3 Å². The van der Waals surface area contributed by atoms with Crippen molar-refractivity contribution < 1.29 is 19.1 Å². The molecular weight excluding hydrogens is 382 g/mol. The van der Waals surface area contributed by atoms with Crippen molar-refractivity contribution in [2.45, 2.75) is 36.4 Å². The van der Waals surface area contributed by atoms with Crippen LogP contribution in [0.25, 0.3) is 11.1 Å². The molecule has 0 spiro atoms. The third-order valence-corrected chi connectivity index (χ3v) is 6.64. The first-order valence-electron chi connectivity index (χ1n) is 10.3. The van der Waals surface area contributed by atoms with Crippen LogP contribution in [0.15, 0.2) is 48.5 Å². The van der Waals surface area contributed by atoms with Gasteiger partial charge in [-0.3, -0.25) is 9.69 Å². The van der Waals surface area contributed by atoms with Crippen molar-refractivity contribution >= 4 is 12.0 Å². The first kappa shape index (κ1) is 19.1. The highest BCUT2D eigenvalue weighted by atomic mass is 16.6. The highest BCUT2D eigenvalue weighted by Crippen LogP contribution is 2.44. The lowest BCUT2D eigenvalue weighted by molar-refractivity contribution is -0.132. The fourth-order valence-corrected chi connectivity index (χ4v) is 5.21. The molecule has 0 aromatic heterocycles. The Morgan fingerprint density at radius 3 is 2.07 bits per heavy atom. The molecule has 2 aromatic carbocycles. The summed E-state index contributed by atoms with van der Waals surface area (Å²) >= 11 is 0. The predicted octanol–water partition coefficient (Wildman–Crippen LogP) is 1.98. The van der Waals surface area contributed by atoms with Crippen molar-refractivity contribution in [1.29, 1.82) is 0 Å². The van der Waals surface area contributed by atoms with E-state index in [0.29, 0.717) is 13.2 Å². The molecule has 30 heavy (non-hydrogen) atoms. The first-order valence-corrected chi connectivity index (χ1v) is 10.3. The molecule has 0 radical (unpaired) electrons. The standard InChI is InChI=1S/C23H25N3O4/c24-21(27)23(25)9-14-11-29-12-15(10-23)26(14)22(28)30-13-20-18-7-3-1-5-16(18)17-6-2-4-8-19(17)20/h1-8,14-15,20H,9-13,25H2,(H2,24,27). The van der Waals surface area contributed by atoms with Crippen LogP contribution in [0, 0.1) is 0 Å². The van der Waals surface area contributed by atoms with Gasteiger partial charge in [0.05, 0.1) is 30.8 Å². The Balaban J connectivity index is 1.34. The number of carbonyl (C=O) groups excluding carboxylic acids is 2. The maximum atomic E-state index is 13.1. The Bertz CT molecular complexity index is 948. The molecule has 5 rings (SSSR count). The van der Waals surface area contributed by atoms with E-state index in [-0.39, 0.29) is 43.5 Å². The zero-order valence-electron chi connectivity index (χ0n) is 16.6. The summed E-state index contributed by atoms with van der Waals surface area (Å²) in [5, 5.41) is 0. The lowest BCUT2D eigenvalue weighted by Crippen LogP contribution is -2.69. The molecule has 2 bridgehead atoms. The van der Waals surface area contributed by atoms with Gasteiger partial charge in [-0.2, -0.15) is 0 Å². The zero-order chi connectivity index (χ0) is 20.9. The number of hydrogen-bond donors (Lipinski definition) is 2. The van der Waals surface area contributed by atoms with Crippen LogP contribution in [0.5, 0.6) is 0 Å². The lowest BCUT2D eigenvalue weighted by Gasteiger charge is -2.50. The number of ether oxygens (including phenoxy) is 2. The van der Waals surface area contributed by atoms with Crippen LogP contribution in [0.1, 0.15) is 29.9 Å². The molecule has 7 nitrogen and oxygen atoms in total. The van der Waals surface area contributed by atoms with Gasteiger partial charge in [-0.25, -0.2) is 4.79 Å². The third-order valence-electron chi connectivity index (χ3n) is 6.64. The van der Waals surface area contributed by atoms with Crippen molar-refractivity contribution in [2.75, 3.05) is 19.8 Å². The molecule has 3 aliphatic rings. The Kier molecular flexibility index (Phi) is 4.52. The summed E-state index contributed by atoms with van der Waals surface area (Å²) in [4.78, 5) is 26.6. The van der Waals surface area contributed by atoms with Crippen LogP contribution in [0.2, 0.25) is 0 Å². The van der Waals surface area contributed by atoms with Gasteiger partial charge in [0, 0.05) is 5.92 Å². The minimum absolute atomic E-state index is 0.00134. The number of carbonyl (C=O) groups is 2. The van der Waals surface area contributed by atoms with E-state index in [1.54, 1.807) is 4.90 Å². The molecule has 2 aromatic rings. The van der Waals surface area contributed by atoms with Gasteiger partial charge in [0.25, 0.3) is 0 Å². The van der Waals surface area contributed by atoms with Gasteiger partial charge >= 0.3 is 6.09 Å². The zero-order valence-corrected chi connectivity index (χ0v) is 16.6. The van der Waals surface area contributed by atoms with Gasteiger partial charge in [0.15, 0.2) is 0 Å². The fraction of sp³-hybridized carbons (Fsp3) is 0.391. The van der Waals surface area contributed by atoms with E-state index < -0.39 is 11.4 Å². The summed E-state index contributed by atoms with van der Waals surface area (Å²) in [6.45, 7) is 0.910. The molecule has 2 saturated heterocycles. The number of nitrogens with zero attached hydrogens (tertiary/aromatic N) is 1. The maximum absolute atomic E-state index is 13.1. The fourth-order valence-electron chi connectivity index (χ4n) is 5.21. The van der Waals surface area contributed by atoms with Crippen molar-refractivity contribution in [3.8, 4) is 11.1 Å². The largest absolute Gasteiger partial charge is 0.448 e. The van der Waals surface area contributed by atoms with E-state index in [4.69, 9.17) is 20.9 Å². The summed E-state index contributed by atoms with van der Waals surface area (Å²) in [5.74, 6) is -0.534. The molecule has 4 N–H and O–H groups in total. The molecule has 2 fully saturated rings. The van der Waals surface area contributed by atoms with Crippen molar-refractivity contribution in [3.05, 3.63) is 59.7 Å². The second-order valence-electron chi connectivity index (χ2n) is 8.49. The van der Waals surface area contributed by atoms with Crippen molar-refractivity contribution in [1.82, 2.24) is 4.90 Å². The van der Waals surface area contributed by atoms with Gasteiger partial charge in [0.1, 0.15) is 6.61 Å². The number of fused-ring (bicyclic) bond motifs is 5. The highest BCUT2D eigenvalue weighted by molar-refractivity contribution is 5.85. The molecule has 156 valence electrons. The lowest BCUT2D eigenvalue weighted by atomic mass is 9.79. The average Bonchev–Trinajstić information content (AvgIpc) is 3.05. The van der Waals surface area contributed by atoms with Crippen LogP contribution in [0.4, 0.5) is 4.79 Å². The molecule has 1 aliphatic carbocycles. The molecular formula is C23H25N3O4. The molecule has 2 aliphatic heterocycles. The number of amides is 2. The Morgan fingerprint density at radius 1 is 1.00 bits per heavy atom. The van der Waals surface area contributed by atoms with E-state index in [9.17, 15) is 9.59 Å². The second-order valence-corrected chi connectivity index (χ2v) is 8.49. The quantitative estimate of drug-likeness (QED) is 0.809. The Labute approximate surface area is 174 Å². The summed E-state index contributed by atoms with van der Waals surface area (Å²) in [5.41, 5.74) is 15.3. The molecule has 0 saturated carbocycles. The third kappa shape index (κ3) is 2.97. The molecule has 2 atom stereocenters. The molecule has 2 heterocycles. The van der Waals surface area contributed by atoms with Crippen LogP contribution in [-0.2, 0) is 14.3 Å². The molecule has 2 amide bonds. The summed E-state index contributed by atoms with van der Waals surface area (Å²) in [7, 11) is 0. The number of rotatable bonds is 3. The first-order chi connectivity index (χ1) is 14.5. The minimum atomic E-state index is -1.11. The smallest absolute Gasteiger partial charge is 0.410 e. The monoisotopic (exact) mass is 407 g/mol. The Hall–Kier alpha value is -2.90. The second kappa shape index (κ2) is 7.11. The van der Waals surface area contributed by atoms with E-state index in [1.165, 1.54) is 22.3 Å². The normalized spacial score (nSPS) is 27.3. The molecule has 2 unspecified atom stereocenters. The average molecular weight is 407 g/mol. The number of hydrogen-bond acceptors (Lipinski definition) is 5. The number of benzene rings is 2. The number of nitrogens with two attached hydrogens (primary N) is 2. The number of primary amides is 1. The number of piperidine rings is 1. The maximum Gasteiger partial charge on any atom is 0.410 e. The van der Waals surface area contributed by atoms with Gasteiger partial charge < -0.3 is 20.9 Å². The summed E-state index contributed by atoms with van der Waals surface area (Å²) in [6, 6.07) is 15.8. The summed E-state index contributed by atoms with van der Waals surface area (Å²) in [6.07, 6.45) is 0.174. The SMILES string of the molecule is NC(=O)C1(N)CC2COCC(C1)N2C(=O)OCC1c2ccccc2-c2ccccc21. The predicted molar refractivity (Wildman–Crippen MR) is 111 cm³/mol. The summed E-state index contributed by atoms with van der Waals surface area (Å²) < 4.78 is 11.4. The topological polar surface area (TPSA) is 108 Å². The highest BCUT2D eigenvalue weighted by Gasteiger charge is 2.50. The van der Waals surface area contributed by atoms with Crippen LogP contribution in [-0.4, -0.2) is 54.3 Å².